The lowest BCUT2D eigenvalue weighted by atomic mass is 9.82. The Hall–Kier alpha value is -1.94. The molecule has 4 heteroatoms. The summed E-state index contributed by atoms with van der Waals surface area (Å²) in [5, 5.41) is 3.45. The molecule has 1 aromatic carbocycles. The van der Waals surface area contributed by atoms with E-state index in [1.807, 2.05) is 12.3 Å². The first kappa shape index (κ1) is 15.0. The summed E-state index contributed by atoms with van der Waals surface area (Å²) >= 11 is 0. The summed E-state index contributed by atoms with van der Waals surface area (Å²) in [7, 11) is 0. The van der Waals surface area contributed by atoms with Crippen LogP contribution in [-0.4, -0.2) is 23.1 Å². The third kappa shape index (κ3) is 3.12. The molecule has 4 nitrogen and oxygen atoms in total. The fourth-order valence-corrected chi connectivity index (χ4v) is 2.80. The number of aromatic nitrogens is 2. The van der Waals surface area contributed by atoms with E-state index in [0.29, 0.717) is 12.5 Å². The second-order valence-electron chi connectivity index (χ2n) is 6.00. The van der Waals surface area contributed by atoms with Crippen LogP contribution in [0, 0.1) is 6.92 Å². The molecule has 0 radical (unpaired) electrons. The normalized spacial score (nSPS) is 14.6. The lowest BCUT2D eigenvalue weighted by Gasteiger charge is -2.27. The maximum Gasteiger partial charge on any atom is 0.159 e. The Morgan fingerprint density at radius 2 is 2.09 bits per heavy atom. The minimum atomic E-state index is 0.575. The molecule has 22 heavy (non-hydrogen) atoms. The number of nitrogens with two attached hydrogens (primary N) is 1. The van der Waals surface area contributed by atoms with Crippen molar-refractivity contribution in [3.63, 3.8) is 0 Å². The standard InChI is InChI=1S/C18H24N4/c1-13-6-2-3-9-15(13)18-21-12-16(20-11-5-10-19)17(22-18)14-7-4-8-14/h2-3,6,9,12,14,20H,4-5,7-8,10-11,19H2,1H3. The topological polar surface area (TPSA) is 63.8 Å². The average molecular weight is 296 g/mol. The molecule has 1 aliphatic rings. The summed E-state index contributed by atoms with van der Waals surface area (Å²) in [6.45, 7) is 3.69. The number of nitrogens with one attached hydrogen (secondary N) is 1. The van der Waals surface area contributed by atoms with Crippen molar-refractivity contribution in [2.45, 2.75) is 38.5 Å². The van der Waals surface area contributed by atoms with Crippen molar-refractivity contribution in [2.24, 2.45) is 5.73 Å². The Morgan fingerprint density at radius 3 is 2.77 bits per heavy atom. The van der Waals surface area contributed by atoms with Crippen molar-refractivity contribution >= 4 is 5.69 Å². The van der Waals surface area contributed by atoms with Gasteiger partial charge >= 0.3 is 0 Å². The molecule has 0 amide bonds. The van der Waals surface area contributed by atoms with Gasteiger partial charge in [0.25, 0.3) is 0 Å². The van der Waals surface area contributed by atoms with E-state index in [4.69, 9.17) is 10.7 Å². The quantitative estimate of drug-likeness (QED) is 0.801. The van der Waals surface area contributed by atoms with E-state index in [9.17, 15) is 0 Å². The molecular formula is C18H24N4. The molecule has 116 valence electrons. The van der Waals surface area contributed by atoms with Crippen molar-refractivity contribution < 1.29 is 0 Å². The number of nitrogens with zero attached hydrogens (tertiary/aromatic N) is 2. The highest BCUT2D eigenvalue weighted by atomic mass is 15.0. The summed E-state index contributed by atoms with van der Waals surface area (Å²) in [4.78, 5) is 9.48. The van der Waals surface area contributed by atoms with E-state index < -0.39 is 0 Å². The molecule has 0 unspecified atom stereocenters. The summed E-state index contributed by atoms with van der Waals surface area (Å²) in [6.07, 6.45) is 6.67. The second-order valence-corrected chi connectivity index (χ2v) is 6.00. The van der Waals surface area contributed by atoms with Gasteiger partial charge in [-0.05, 0) is 38.3 Å². The van der Waals surface area contributed by atoms with Gasteiger partial charge < -0.3 is 11.1 Å². The average Bonchev–Trinajstić information content (AvgIpc) is 2.48. The number of hydrogen-bond donors (Lipinski definition) is 2. The molecule has 0 saturated heterocycles. The van der Waals surface area contributed by atoms with Gasteiger partial charge in [-0.2, -0.15) is 0 Å². The van der Waals surface area contributed by atoms with E-state index in [1.54, 1.807) is 0 Å². The maximum atomic E-state index is 5.57. The van der Waals surface area contributed by atoms with Crippen molar-refractivity contribution in [2.75, 3.05) is 18.4 Å². The highest BCUT2D eigenvalue weighted by Gasteiger charge is 2.24. The van der Waals surface area contributed by atoms with Crippen molar-refractivity contribution in [1.82, 2.24) is 9.97 Å². The van der Waals surface area contributed by atoms with Crippen LogP contribution in [0.5, 0.6) is 0 Å². The number of anilines is 1. The van der Waals surface area contributed by atoms with E-state index in [-0.39, 0.29) is 0 Å². The number of aryl methyl sites for hydroxylation is 1. The summed E-state index contributed by atoms with van der Waals surface area (Å²) in [5.41, 5.74) is 10.2. The van der Waals surface area contributed by atoms with Gasteiger partial charge in [-0.25, -0.2) is 9.97 Å². The summed E-state index contributed by atoms with van der Waals surface area (Å²) < 4.78 is 0. The Morgan fingerprint density at radius 1 is 1.27 bits per heavy atom. The summed E-state index contributed by atoms with van der Waals surface area (Å²) in [6, 6.07) is 8.29. The molecule has 1 aliphatic carbocycles. The molecular weight excluding hydrogens is 272 g/mol. The minimum Gasteiger partial charge on any atom is -0.382 e. The van der Waals surface area contributed by atoms with E-state index in [2.05, 4.69) is 35.4 Å². The SMILES string of the molecule is Cc1ccccc1-c1ncc(NCCCN)c(C2CCC2)n1. The lowest BCUT2D eigenvalue weighted by Crippen LogP contribution is -2.16. The molecule has 1 fully saturated rings. The van der Waals surface area contributed by atoms with Crippen LogP contribution < -0.4 is 11.1 Å². The molecule has 0 aliphatic heterocycles. The van der Waals surface area contributed by atoms with E-state index in [0.717, 1.165) is 30.0 Å². The van der Waals surface area contributed by atoms with Crippen LogP contribution in [0.1, 0.15) is 42.9 Å². The zero-order valence-electron chi connectivity index (χ0n) is 13.2. The molecule has 2 aromatic rings. The van der Waals surface area contributed by atoms with Gasteiger partial charge in [0.05, 0.1) is 17.6 Å². The van der Waals surface area contributed by atoms with Crippen LogP contribution in [0.15, 0.2) is 30.5 Å². The van der Waals surface area contributed by atoms with Gasteiger partial charge in [-0.15, -0.1) is 0 Å². The second kappa shape index (κ2) is 6.88. The van der Waals surface area contributed by atoms with Gasteiger partial charge in [0, 0.05) is 18.0 Å². The highest BCUT2D eigenvalue weighted by Crippen LogP contribution is 2.39. The van der Waals surface area contributed by atoms with Gasteiger partial charge in [0.2, 0.25) is 0 Å². The first-order valence-corrected chi connectivity index (χ1v) is 8.16. The molecule has 0 atom stereocenters. The predicted molar refractivity (Wildman–Crippen MR) is 91.0 cm³/mol. The third-order valence-electron chi connectivity index (χ3n) is 4.39. The molecule has 0 bridgehead atoms. The van der Waals surface area contributed by atoms with Crippen molar-refractivity contribution in [1.29, 1.82) is 0 Å². The van der Waals surface area contributed by atoms with Crippen LogP contribution in [0.2, 0.25) is 0 Å². The summed E-state index contributed by atoms with van der Waals surface area (Å²) in [5.74, 6) is 1.41. The highest BCUT2D eigenvalue weighted by molar-refractivity contribution is 5.62. The number of benzene rings is 1. The third-order valence-corrected chi connectivity index (χ3v) is 4.39. The number of hydrogen-bond acceptors (Lipinski definition) is 4. The Labute approximate surface area is 132 Å². The largest absolute Gasteiger partial charge is 0.382 e. The molecule has 0 spiro atoms. The Balaban J connectivity index is 1.91. The monoisotopic (exact) mass is 296 g/mol. The molecule has 1 saturated carbocycles. The molecule has 3 rings (SSSR count). The van der Waals surface area contributed by atoms with Crippen LogP contribution >= 0.6 is 0 Å². The molecule has 1 heterocycles. The minimum absolute atomic E-state index is 0.575. The maximum absolute atomic E-state index is 5.57. The van der Waals surface area contributed by atoms with Crippen LogP contribution in [0.4, 0.5) is 5.69 Å². The smallest absolute Gasteiger partial charge is 0.159 e. The Bertz CT molecular complexity index is 635. The molecule has 3 N–H and O–H groups in total. The number of rotatable bonds is 6. The fraction of sp³-hybridized carbons (Fsp3) is 0.444. The van der Waals surface area contributed by atoms with Crippen LogP contribution in [0.25, 0.3) is 11.4 Å². The van der Waals surface area contributed by atoms with Gasteiger partial charge in [0.1, 0.15) is 0 Å². The predicted octanol–water partition coefficient (Wildman–Crippen LogP) is 3.48. The van der Waals surface area contributed by atoms with E-state index in [1.165, 1.54) is 30.5 Å². The zero-order valence-corrected chi connectivity index (χ0v) is 13.2. The van der Waals surface area contributed by atoms with E-state index >= 15 is 0 Å². The van der Waals surface area contributed by atoms with Crippen LogP contribution in [0.3, 0.4) is 0 Å². The van der Waals surface area contributed by atoms with Crippen LogP contribution in [-0.2, 0) is 0 Å². The zero-order chi connectivity index (χ0) is 15.4. The van der Waals surface area contributed by atoms with Gasteiger partial charge in [0.15, 0.2) is 5.82 Å². The first-order chi connectivity index (χ1) is 10.8. The van der Waals surface area contributed by atoms with Crippen molar-refractivity contribution in [3.8, 4) is 11.4 Å². The lowest BCUT2D eigenvalue weighted by molar-refractivity contribution is 0.412. The first-order valence-electron chi connectivity index (χ1n) is 8.16. The Kier molecular flexibility index (Phi) is 4.68. The van der Waals surface area contributed by atoms with Gasteiger partial charge in [-0.1, -0.05) is 30.7 Å². The fourth-order valence-electron chi connectivity index (χ4n) is 2.80. The van der Waals surface area contributed by atoms with Gasteiger partial charge in [-0.3, -0.25) is 0 Å². The molecule has 1 aromatic heterocycles. The van der Waals surface area contributed by atoms with Crippen molar-refractivity contribution in [3.05, 3.63) is 41.7 Å².